The average molecular weight is 583 g/mol. The van der Waals surface area contributed by atoms with Crippen molar-refractivity contribution >= 4 is 5.91 Å². The Hall–Kier alpha value is -2.53. The molecule has 0 unspecified atom stereocenters. The molecule has 8 atom stereocenters. The second-order valence-electron chi connectivity index (χ2n) is 13.1. The Morgan fingerprint density at radius 3 is 2.38 bits per heavy atom. The lowest BCUT2D eigenvalue weighted by Gasteiger charge is -2.62. The highest BCUT2D eigenvalue weighted by Crippen LogP contribution is 2.61. The average Bonchev–Trinajstić information content (AvgIpc) is 3.36. The topological polar surface area (TPSA) is 132 Å². The maximum atomic E-state index is 14.0. The second kappa shape index (κ2) is 12.2. The molecule has 0 radical (unpaired) electrons. The molecule has 0 aromatic heterocycles. The summed E-state index contributed by atoms with van der Waals surface area (Å²) in [6, 6.07) is 10.4. The predicted molar refractivity (Wildman–Crippen MR) is 158 cm³/mol. The SMILES string of the molecule is COc1c(CN2O[C@@H](CO)[C@H]([C@H](C)O)[C@H]2C(=O)N[C@H]2C[C@H]3C[C@@H]([C@@H]2C)C3(C)C)cccc1-c1cc(CO)cc(CO)c1. The van der Waals surface area contributed by atoms with Crippen molar-refractivity contribution in [2.45, 2.75) is 84.6 Å². The number of nitrogens with one attached hydrogen (secondary N) is 1. The molecule has 6 rings (SSSR count). The summed E-state index contributed by atoms with van der Waals surface area (Å²) in [5.74, 6) is 1.24. The van der Waals surface area contributed by atoms with Crippen molar-refractivity contribution in [3.8, 4) is 16.9 Å². The number of para-hydroxylation sites is 1. The fourth-order valence-electron chi connectivity index (χ4n) is 7.93. The predicted octanol–water partition coefficient (Wildman–Crippen LogP) is 3.01. The van der Waals surface area contributed by atoms with E-state index in [2.05, 4.69) is 26.1 Å². The summed E-state index contributed by atoms with van der Waals surface area (Å²) in [6.45, 7) is 8.04. The normalized spacial score (nSPS) is 30.9. The van der Waals surface area contributed by atoms with E-state index in [1.807, 2.05) is 30.3 Å². The molecule has 2 bridgehead atoms. The van der Waals surface area contributed by atoms with Crippen molar-refractivity contribution in [2.24, 2.45) is 29.1 Å². The van der Waals surface area contributed by atoms with Crippen LogP contribution in [0.2, 0.25) is 0 Å². The molecule has 1 aliphatic heterocycles. The molecule has 3 saturated carbocycles. The van der Waals surface area contributed by atoms with Crippen LogP contribution in [0, 0.1) is 29.1 Å². The summed E-state index contributed by atoms with van der Waals surface area (Å²) in [6.07, 6.45) is 0.523. The highest BCUT2D eigenvalue weighted by atomic mass is 16.7. The number of aliphatic hydroxyl groups is 4. The van der Waals surface area contributed by atoms with Crippen molar-refractivity contribution in [3.05, 3.63) is 53.1 Å². The molecule has 42 heavy (non-hydrogen) atoms. The quantitative estimate of drug-likeness (QED) is 0.289. The first kappa shape index (κ1) is 30.9. The number of aliphatic hydroxyl groups excluding tert-OH is 4. The number of ether oxygens (including phenoxy) is 1. The molecular formula is C33H46N2O7. The largest absolute Gasteiger partial charge is 0.496 e. The molecule has 0 spiro atoms. The van der Waals surface area contributed by atoms with Crippen LogP contribution in [-0.4, -0.2) is 69.4 Å². The van der Waals surface area contributed by atoms with Crippen molar-refractivity contribution in [1.82, 2.24) is 10.4 Å². The number of fused-ring (bicyclic) bond motifs is 2. The van der Waals surface area contributed by atoms with Crippen LogP contribution in [-0.2, 0) is 29.4 Å². The Balaban J connectivity index is 1.44. The summed E-state index contributed by atoms with van der Waals surface area (Å²) >= 11 is 0. The van der Waals surface area contributed by atoms with Gasteiger partial charge in [-0.15, -0.1) is 0 Å². The highest BCUT2D eigenvalue weighted by Gasteiger charge is 2.57. The van der Waals surface area contributed by atoms with E-state index in [0.717, 1.165) is 23.1 Å². The number of nitrogens with zero attached hydrogens (tertiary/aromatic N) is 1. The molecule has 5 N–H and O–H groups in total. The van der Waals surface area contributed by atoms with Gasteiger partial charge in [-0.25, -0.2) is 0 Å². The van der Waals surface area contributed by atoms with Crippen molar-refractivity contribution in [2.75, 3.05) is 13.7 Å². The molecule has 3 aliphatic carbocycles. The third-order valence-electron chi connectivity index (χ3n) is 10.4. The van der Waals surface area contributed by atoms with Crippen LogP contribution in [0.15, 0.2) is 36.4 Å². The van der Waals surface area contributed by atoms with Gasteiger partial charge >= 0.3 is 0 Å². The van der Waals surface area contributed by atoms with E-state index in [9.17, 15) is 25.2 Å². The zero-order valence-electron chi connectivity index (χ0n) is 25.3. The third kappa shape index (κ3) is 5.47. The number of methoxy groups -OCH3 is 1. The lowest BCUT2D eigenvalue weighted by molar-refractivity contribution is -0.183. The Morgan fingerprint density at radius 2 is 1.83 bits per heavy atom. The molecule has 2 aromatic rings. The van der Waals surface area contributed by atoms with E-state index in [-0.39, 0.29) is 38.3 Å². The Kier molecular flexibility index (Phi) is 9.00. The van der Waals surface area contributed by atoms with Crippen LogP contribution >= 0.6 is 0 Å². The molecule has 2 aromatic carbocycles. The van der Waals surface area contributed by atoms with Crippen LogP contribution in [0.1, 0.15) is 57.2 Å². The Morgan fingerprint density at radius 1 is 1.14 bits per heavy atom. The van der Waals surface area contributed by atoms with Crippen molar-refractivity contribution < 1.29 is 34.8 Å². The molecule has 4 fully saturated rings. The highest BCUT2D eigenvalue weighted by molar-refractivity contribution is 5.83. The van der Waals surface area contributed by atoms with Crippen molar-refractivity contribution in [1.29, 1.82) is 0 Å². The lowest BCUT2D eigenvalue weighted by atomic mass is 9.45. The zero-order chi connectivity index (χ0) is 30.3. The molecule has 9 nitrogen and oxygen atoms in total. The molecule has 1 heterocycles. The standard InChI is InChI=1S/C33H46N2O7/c1-18-26-12-24(33(26,3)4)13-27(18)34-32(40)30-29(19(2)39)28(17-38)42-35(30)14-22-7-6-8-25(31(22)41-5)23-10-20(15-36)9-21(11-23)16-37/h6-11,18-19,24,26-30,36-39H,12-17H2,1-5H3,(H,34,40)/t18-,19-,24+,26-,27-,28-,29-,30-/m0/s1. The second-order valence-corrected chi connectivity index (χ2v) is 13.1. The van der Waals surface area contributed by atoms with Gasteiger partial charge in [-0.1, -0.05) is 45.0 Å². The van der Waals surface area contributed by atoms with Crippen LogP contribution in [0.3, 0.4) is 0 Å². The summed E-state index contributed by atoms with van der Waals surface area (Å²) in [5.41, 5.74) is 3.94. The van der Waals surface area contributed by atoms with Gasteiger partial charge in [0.15, 0.2) is 0 Å². The maximum absolute atomic E-state index is 14.0. The fraction of sp³-hybridized carbons (Fsp3) is 0.606. The van der Waals surface area contributed by atoms with E-state index >= 15 is 0 Å². The number of benzene rings is 2. The zero-order valence-corrected chi connectivity index (χ0v) is 25.3. The monoisotopic (exact) mass is 582 g/mol. The maximum Gasteiger partial charge on any atom is 0.240 e. The molecule has 9 heteroatoms. The molecule has 1 saturated heterocycles. The number of hydrogen-bond acceptors (Lipinski definition) is 8. The molecule has 4 aliphatic rings. The summed E-state index contributed by atoms with van der Waals surface area (Å²) in [4.78, 5) is 20.2. The van der Waals surface area contributed by atoms with Gasteiger partial charge < -0.3 is 30.5 Å². The van der Waals surface area contributed by atoms with E-state index in [1.165, 1.54) is 6.42 Å². The van der Waals surface area contributed by atoms with Crippen molar-refractivity contribution in [3.63, 3.8) is 0 Å². The van der Waals surface area contributed by atoms with E-state index in [4.69, 9.17) is 9.57 Å². The smallest absolute Gasteiger partial charge is 0.240 e. The van der Waals surface area contributed by atoms with E-state index < -0.39 is 24.2 Å². The van der Waals surface area contributed by atoms with Gasteiger partial charge in [-0.2, -0.15) is 5.06 Å². The molecular weight excluding hydrogens is 536 g/mol. The minimum absolute atomic E-state index is 0.0522. The number of carbonyl (C=O) groups is 1. The number of carbonyl (C=O) groups excluding carboxylic acids is 1. The van der Waals surface area contributed by atoms with Gasteiger partial charge in [0.2, 0.25) is 5.91 Å². The van der Waals surface area contributed by atoms with Gasteiger partial charge in [-0.05, 0) is 71.8 Å². The van der Waals surface area contributed by atoms with Gasteiger partial charge in [0.1, 0.15) is 17.9 Å². The summed E-state index contributed by atoms with van der Waals surface area (Å²) < 4.78 is 5.88. The first-order valence-corrected chi connectivity index (χ1v) is 15.1. The number of hydroxylamine groups is 2. The number of rotatable bonds is 10. The van der Waals surface area contributed by atoms with Gasteiger partial charge in [0.05, 0.1) is 39.6 Å². The Bertz CT molecular complexity index is 1260. The third-order valence-corrected chi connectivity index (χ3v) is 10.4. The molecule has 1 amide bonds. The van der Waals surface area contributed by atoms with E-state index in [1.54, 1.807) is 25.2 Å². The number of hydrogen-bond donors (Lipinski definition) is 5. The van der Waals surface area contributed by atoms with Crippen LogP contribution in [0.25, 0.3) is 11.1 Å². The fourth-order valence-corrected chi connectivity index (χ4v) is 7.93. The van der Waals surface area contributed by atoms with E-state index in [0.29, 0.717) is 40.0 Å². The van der Waals surface area contributed by atoms with Crippen LogP contribution in [0.5, 0.6) is 5.75 Å². The van der Waals surface area contributed by atoms with Gasteiger partial charge in [-0.3, -0.25) is 9.63 Å². The Labute approximate surface area is 248 Å². The number of amides is 1. The molecule has 230 valence electrons. The lowest BCUT2D eigenvalue weighted by Crippen LogP contribution is -2.62. The summed E-state index contributed by atoms with van der Waals surface area (Å²) in [5, 5.41) is 45.3. The summed E-state index contributed by atoms with van der Waals surface area (Å²) in [7, 11) is 1.58. The van der Waals surface area contributed by atoms with Gasteiger partial charge in [0, 0.05) is 23.1 Å². The van der Waals surface area contributed by atoms with Gasteiger partial charge in [0.25, 0.3) is 0 Å². The first-order chi connectivity index (χ1) is 20.0. The minimum atomic E-state index is -0.884. The first-order valence-electron chi connectivity index (χ1n) is 15.1. The van der Waals surface area contributed by atoms with Crippen LogP contribution < -0.4 is 10.1 Å². The minimum Gasteiger partial charge on any atom is -0.496 e. The van der Waals surface area contributed by atoms with Crippen LogP contribution in [0.4, 0.5) is 0 Å².